The van der Waals surface area contributed by atoms with E-state index in [9.17, 15) is 4.79 Å². The van der Waals surface area contributed by atoms with E-state index in [-0.39, 0.29) is 11.5 Å². The summed E-state index contributed by atoms with van der Waals surface area (Å²) < 4.78 is 5.42. The van der Waals surface area contributed by atoms with Crippen LogP contribution in [-0.2, 0) is 0 Å². The minimum absolute atomic E-state index is 0.0279. The summed E-state index contributed by atoms with van der Waals surface area (Å²) in [7, 11) is 0. The molecule has 0 fully saturated rings. The Morgan fingerprint density at radius 2 is 2.17 bits per heavy atom. The molecule has 0 aliphatic carbocycles. The molecule has 1 unspecified atom stereocenters. The summed E-state index contributed by atoms with van der Waals surface area (Å²) in [5.41, 5.74) is 1.94. The Morgan fingerprint density at radius 3 is 2.78 bits per heavy atom. The summed E-state index contributed by atoms with van der Waals surface area (Å²) in [6.45, 7) is 6.01. The molecule has 0 aliphatic heterocycles. The molecule has 0 aliphatic rings. The maximum atomic E-state index is 11.1. The molecule has 120 valence electrons. The van der Waals surface area contributed by atoms with Crippen LogP contribution in [0.5, 0.6) is 0 Å². The van der Waals surface area contributed by atoms with Crippen LogP contribution in [0, 0.1) is 0 Å². The van der Waals surface area contributed by atoms with Gasteiger partial charge in [-0.3, -0.25) is 0 Å². The number of aromatic nitrogens is 2. The molecule has 0 bridgehead atoms. The van der Waals surface area contributed by atoms with E-state index >= 15 is 0 Å². The van der Waals surface area contributed by atoms with Crippen molar-refractivity contribution >= 4 is 5.97 Å². The van der Waals surface area contributed by atoms with Gasteiger partial charge in [-0.1, -0.05) is 42.4 Å². The second-order valence-corrected chi connectivity index (χ2v) is 5.09. The molecule has 1 N–H and O–H groups in total. The van der Waals surface area contributed by atoms with Crippen molar-refractivity contribution in [3.63, 3.8) is 0 Å². The molecule has 23 heavy (non-hydrogen) atoms. The number of carboxylic acids is 1. The summed E-state index contributed by atoms with van der Waals surface area (Å²) in [4.78, 5) is 15.5. The highest BCUT2D eigenvalue weighted by Crippen LogP contribution is 2.29. The van der Waals surface area contributed by atoms with Crippen molar-refractivity contribution in [3.8, 4) is 11.4 Å². The van der Waals surface area contributed by atoms with Crippen LogP contribution < -0.4 is 0 Å². The minimum atomic E-state index is -0.980. The van der Waals surface area contributed by atoms with E-state index in [4.69, 9.17) is 9.63 Å². The van der Waals surface area contributed by atoms with Crippen LogP contribution >= 0.6 is 0 Å². The lowest BCUT2D eigenvalue weighted by atomic mass is 9.95. The van der Waals surface area contributed by atoms with Crippen LogP contribution in [0.3, 0.4) is 0 Å². The van der Waals surface area contributed by atoms with Gasteiger partial charge < -0.3 is 9.63 Å². The zero-order valence-electron chi connectivity index (χ0n) is 13.5. The third-order valence-corrected chi connectivity index (χ3v) is 3.61. The van der Waals surface area contributed by atoms with E-state index in [1.807, 2.05) is 32.1 Å². The van der Waals surface area contributed by atoms with Gasteiger partial charge in [0.05, 0.1) is 11.5 Å². The number of allylic oxidation sites excluding steroid dienone is 4. The number of carboxylic acid groups (broad SMARTS) is 1. The Bertz CT molecular complexity index is 744. The molecule has 1 heterocycles. The van der Waals surface area contributed by atoms with Crippen LogP contribution in [0.4, 0.5) is 0 Å². The normalized spacial score (nSPS) is 13.4. The van der Waals surface area contributed by atoms with Gasteiger partial charge >= 0.3 is 5.97 Å². The van der Waals surface area contributed by atoms with Crippen molar-refractivity contribution in [2.75, 3.05) is 0 Å². The van der Waals surface area contributed by atoms with Crippen LogP contribution in [-0.4, -0.2) is 21.2 Å². The smallest absolute Gasteiger partial charge is 0.335 e. The SMILES string of the molecule is C/C=C\C(=C/C)C(CC)c1nc(-c2cccc(C(=O)O)c2)no1. The molecule has 2 rings (SSSR count). The first kappa shape index (κ1) is 16.7. The third kappa shape index (κ3) is 3.74. The average Bonchev–Trinajstić information content (AvgIpc) is 3.04. The molecule has 0 spiro atoms. The highest BCUT2D eigenvalue weighted by Gasteiger charge is 2.20. The molecular weight excluding hydrogens is 292 g/mol. The summed E-state index contributed by atoms with van der Waals surface area (Å²) in [5, 5.41) is 13.1. The van der Waals surface area contributed by atoms with Crippen LogP contribution in [0.15, 0.2) is 52.6 Å². The number of carbonyl (C=O) groups is 1. The van der Waals surface area contributed by atoms with Crippen molar-refractivity contribution in [2.45, 2.75) is 33.1 Å². The summed E-state index contributed by atoms with van der Waals surface area (Å²) in [5.74, 6) is -0.0155. The topological polar surface area (TPSA) is 76.2 Å². The minimum Gasteiger partial charge on any atom is -0.478 e. The van der Waals surface area contributed by atoms with E-state index < -0.39 is 5.97 Å². The molecule has 2 aromatic rings. The maximum absolute atomic E-state index is 11.1. The average molecular weight is 312 g/mol. The Hall–Kier alpha value is -2.69. The van der Waals surface area contributed by atoms with Crippen LogP contribution in [0.25, 0.3) is 11.4 Å². The fourth-order valence-electron chi connectivity index (χ4n) is 2.44. The summed E-state index contributed by atoms with van der Waals surface area (Å²) in [6, 6.07) is 6.51. The third-order valence-electron chi connectivity index (χ3n) is 3.61. The predicted octanol–water partition coefficient (Wildman–Crippen LogP) is 4.45. The molecule has 0 radical (unpaired) electrons. The molecule has 1 aromatic heterocycles. The van der Waals surface area contributed by atoms with Gasteiger partial charge in [0.25, 0.3) is 0 Å². The molecule has 0 saturated heterocycles. The monoisotopic (exact) mass is 312 g/mol. The van der Waals surface area contributed by atoms with Gasteiger partial charge in [-0.15, -0.1) is 0 Å². The first-order valence-corrected chi connectivity index (χ1v) is 7.56. The molecular formula is C18H20N2O3. The molecule has 5 heteroatoms. The van der Waals surface area contributed by atoms with Gasteiger partial charge in [0.15, 0.2) is 0 Å². The Labute approximate surface area is 135 Å². The predicted molar refractivity (Wildman–Crippen MR) is 88.3 cm³/mol. The second kappa shape index (κ2) is 7.54. The molecule has 0 saturated carbocycles. The standard InChI is InChI=1S/C18H20N2O3/c1-4-8-12(5-2)15(6-3)17-19-16(20-23-17)13-9-7-10-14(11-13)18(21)22/h4-5,7-11,15H,6H2,1-3H3,(H,21,22)/b8-4-,12-5+. The number of hydrogen-bond acceptors (Lipinski definition) is 4. The van der Waals surface area contributed by atoms with Crippen molar-refractivity contribution in [3.05, 3.63) is 59.5 Å². The van der Waals surface area contributed by atoms with Gasteiger partial charge in [0.2, 0.25) is 11.7 Å². The number of hydrogen-bond donors (Lipinski definition) is 1. The van der Waals surface area contributed by atoms with Crippen molar-refractivity contribution in [1.29, 1.82) is 0 Å². The van der Waals surface area contributed by atoms with Gasteiger partial charge in [-0.05, 0) is 38.0 Å². The largest absolute Gasteiger partial charge is 0.478 e. The van der Waals surface area contributed by atoms with E-state index in [0.29, 0.717) is 17.3 Å². The Kier molecular flexibility index (Phi) is 5.46. The van der Waals surface area contributed by atoms with Gasteiger partial charge in [-0.25, -0.2) is 4.79 Å². The molecule has 1 atom stereocenters. The lowest BCUT2D eigenvalue weighted by molar-refractivity contribution is 0.0697. The number of benzene rings is 1. The van der Waals surface area contributed by atoms with E-state index in [2.05, 4.69) is 17.1 Å². The first-order valence-electron chi connectivity index (χ1n) is 7.56. The summed E-state index contributed by atoms with van der Waals surface area (Å²) in [6.07, 6.45) is 6.87. The molecule has 1 aromatic carbocycles. The van der Waals surface area contributed by atoms with Crippen molar-refractivity contribution in [1.82, 2.24) is 10.1 Å². The lowest BCUT2D eigenvalue weighted by Gasteiger charge is -2.10. The highest BCUT2D eigenvalue weighted by molar-refractivity contribution is 5.89. The fraction of sp³-hybridized carbons (Fsp3) is 0.278. The van der Waals surface area contributed by atoms with Crippen LogP contribution in [0.1, 0.15) is 49.4 Å². The Balaban J connectivity index is 2.36. The first-order chi connectivity index (χ1) is 11.1. The van der Waals surface area contributed by atoms with Crippen molar-refractivity contribution in [2.24, 2.45) is 0 Å². The summed E-state index contributed by atoms with van der Waals surface area (Å²) >= 11 is 0. The lowest BCUT2D eigenvalue weighted by Crippen LogP contribution is -2.00. The fourth-order valence-corrected chi connectivity index (χ4v) is 2.44. The number of rotatable bonds is 6. The van der Waals surface area contributed by atoms with E-state index in [0.717, 1.165) is 12.0 Å². The zero-order chi connectivity index (χ0) is 16.8. The van der Waals surface area contributed by atoms with E-state index in [1.165, 1.54) is 6.07 Å². The number of aromatic carboxylic acids is 1. The number of nitrogens with zero attached hydrogens (tertiary/aromatic N) is 2. The Morgan fingerprint density at radius 1 is 1.39 bits per heavy atom. The van der Waals surface area contributed by atoms with Crippen molar-refractivity contribution < 1.29 is 14.4 Å². The quantitative estimate of drug-likeness (QED) is 0.797. The maximum Gasteiger partial charge on any atom is 0.335 e. The van der Waals surface area contributed by atoms with Gasteiger partial charge in [-0.2, -0.15) is 4.98 Å². The van der Waals surface area contributed by atoms with Gasteiger partial charge in [0.1, 0.15) is 0 Å². The second-order valence-electron chi connectivity index (χ2n) is 5.09. The van der Waals surface area contributed by atoms with Crippen LogP contribution in [0.2, 0.25) is 0 Å². The van der Waals surface area contributed by atoms with Gasteiger partial charge in [0, 0.05) is 5.56 Å². The van der Waals surface area contributed by atoms with E-state index in [1.54, 1.807) is 18.2 Å². The molecule has 0 amide bonds. The zero-order valence-corrected chi connectivity index (χ0v) is 13.5. The highest BCUT2D eigenvalue weighted by atomic mass is 16.5. The molecule has 5 nitrogen and oxygen atoms in total.